The second kappa shape index (κ2) is 4.45. The Morgan fingerprint density at radius 1 is 1.12 bits per heavy atom. The van der Waals surface area contributed by atoms with Gasteiger partial charge >= 0.3 is 0 Å². The lowest BCUT2D eigenvalue weighted by atomic mass is 9.68. The van der Waals surface area contributed by atoms with E-state index in [4.69, 9.17) is 0 Å². The molecule has 3 rings (SSSR count). The predicted octanol–water partition coefficient (Wildman–Crippen LogP) is 3.55. The van der Waals surface area contributed by atoms with Crippen molar-refractivity contribution in [2.45, 2.75) is 51.5 Å². The van der Waals surface area contributed by atoms with E-state index in [1.165, 1.54) is 43.4 Å². The zero-order chi connectivity index (χ0) is 11.8. The van der Waals surface area contributed by atoms with Crippen LogP contribution in [0.25, 0.3) is 0 Å². The number of rotatable bonds is 4. The molecule has 1 aromatic carbocycles. The molecular weight excluding hydrogens is 206 g/mol. The first-order valence-corrected chi connectivity index (χ1v) is 7.05. The normalized spacial score (nSPS) is 27.9. The molecule has 1 heteroatoms. The average Bonchev–Trinajstić information content (AvgIpc) is 3.07. The van der Waals surface area contributed by atoms with Crippen molar-refractivity contribution in [3.63, 3.8) is 0 Å². The molecule has 17 heavy (non-hydrogen) atoms. The third-order valence-corrected chi connectivity index (χ3v) is 4.71. The Morgan fingerprint density at radius 3 is 2.59 bits per heavy atom. The Labute approximate surface area is 105 Å². The van der Waals surface area contributed by atoms with Crippen molar-refractivity contribution >= 4 is 0 Å². The van der Waals surface area contributed by atoms with Crippen LogP contribution in [0.2, 0.25) is 0 Å². The van der Waals surface area contributed by atoms with Gasteiger partial charge in [-0.25, -0.2) is 0 Å². The van der Waals surface area contributed by atoms with Crippen molar-refractivity contribution in [2.75, 3.05) is 6.54 Å². The summed E-state index contributed by atoms with van der Waals surface area (Å²) >= 11 is 0. The van der Waals surface area contributed by atoms with Crippen LogP contribution in [0.1, 0.15) is 48.3 Å². The third kappa shape index (κ3) is 2.26. The molecule has 0 bridgehead atoms. The second-order valence-corrected chi connectivity index (χ2v) is 5.92. The summed E-state index contributed by atoms with van der Waals surface area (Å²) in [6.07, 6.45) is 5.61. The lowest BCUT2D eigenvalue weighted by Crippen LogP contribution is -2.35. The molecule has 1 N–H and O–H groups in total. The summed E-state index contributed by atoms with van der Waals surface area (Å²) in [6, 6.07) is 7.65. The van der Waals surface area contributed by atoms with Crippen molar-refractivity contribution in [3.8, 4) is 0 Å². The Kier molecular flexibility index (Phi) is 2.96. The van der Waals surface area contributed by atoms with Gasteiger partial charge in [0.25, 0.3) is 0 Å². The van der Waals surface area contributed by atoms with Crippen LogP contribution < -0.4 is 5.32 Å². The van der Waals surface area contributed by atoms with E-state index < -0.39 is 0 Å². The molecule has 2 unspecified atom stereocenters. The maximum Gasteiger partial charge on any atom is 0.00683 e. The number of hydrogen-bond donors (Lipinski definition) is 1. The van der Waals surface area contributed by atoms with E-state index >= 15 is 0 Å². The van der Waals surface area contributed by atoms with Crippen LogP contribution in [0.5, 0.6) is 0 Å². The first-order valence-electron chi connectivity index (χ1n) is 7.05. The zero-order valence-electron chi connectivity index (χ0n) is 11.0. The summed E-state index contributed by atoms with van der Waals surface area (Å²) in [5.41, 5.74) is 4.58. The molecular formula is C16H23N. The van der Waals surface area contributed by atoms with Crippen LogP contribution in [0.4, 0.5) is 0 Å². The molecule has 1 aromatic rings. The Hall–Kier alpha value is -0.820. The number of aryl methyl sites for hydroxylation is 1. The molecule has 0 radical (unpaired) electrons. The zero-order valence-corrected chi connectivity index (χ0v) is 11.0. The molecule has 0 heterocycles. The van der Waals surface area contributed by atoms with Gasteiger partial charge in [-0.05, 0) is 74.6 Å². The van der Waals surface area contributed by atoms with Crippen LogP contribution >= 0.6 is 0 Å². The fourth-order valence-electron chi connectivity index (χ4n) is 3.00. The fraction of sp³-hybridized carbons (Fsp3) is 0.625. The molecule has 0 aromatic heterocycles. The monoisotopic (exact) mass is 229 g/mol. The third-order valence-electron chi connectivity index (χ3n) is 4.71. The minimum Gasteiger partial charge on any atom is -0.314 e. The summed E-state index contributed by atoms with van der Waals surface area (Å²) in [7, 11) is 0. The van der Waals surface area contributed by atoms with Gasteiger partial charge in [0.15, 0.2) is 0 Å². The van der Waals surface area contributed by atoms with E-state index in [1.807, 2.05) is 0 Å². The van der Waals surface area contributed by atoms with Gasteiger partial charge in [0.2, 0.25) is 0 Å². The first kappa shape index (κ1) is 11.3. The van der Waals surface area contributed by atoms with Crippen LogP contribution in [-0.2, 0) is 0 Å². The van der Waals surface area contributed by atoms with Crippen molar-refractivity contribution in [1.82, 2.24) is 5.32 Å². The lowest BCUT2D eigenvalue weighted by Gasteiger charge is -2.38. The van der Waals surface area contributed by atoms with Crippen molar-refractivity contribution < 1.29 is 0 Å². The van der Waals surface area contributed by atoms with Crippen molar-refractivity contribution in [1.29, 1.82) is 0 Å². The van der Waals surface area contributed by atoms with Gasteiger partial charge < -0.3 is 5.32 Å². The van der Waals surface area contributed by atoms with Crippen molar-refractivity contribution in [2.24, 2.45) is 5.92 Å². The van der Waals surface area contributed by atoms with E-state index in [2.05, 4.69) is 37.4 Å². The predicted molar refractivity (Wildman–Crippen MR) is 72.4 cm³/mol. The standard InChI is InChI=1S/C16H23N/c1-11-4-3-5-15(12(11)2)16-9-6-13(16)10-17-14-7-8-14/h3-5,13-14,16-17H,6-10H2,1-2H3. The molecule has 1 nitrogen and oxygen atoms in total. The Balaban J connectivity index is 1.68. The number of benzene rings is 1. The summed E-state index contributed by atoms with van der Waals surface area (Å²) < 4.78 is 0. The lowest BCUT2D eigenvalue weighted by molar-refractivity contribution is 0.244. The highest BCUT2D eigenvalue weighted by atomic mass is 14.9. The molecule has 2 fully saturated rings. The minimum atomic E-state index is 0.821. The maximum atomic E-state index is 3.69. The van der Waals surface area contributed by atoms with Gasteiger partial charge in [-0.1, -0.05) is 18.2 Å². The van der Waals surface area contributed by atoms with Gasteiger partial charge in [0, 0.05) is 6.04 Å². The molecule has 2 saturated carbocycles. The minimum absolute atomic E-state index is 0.821. The van der Waals surface area contributed by atoms with Crippen LogP contribution in [0, 0.1) is 19.8 Å². The number of hydrogen-bond acceptors (Lipinski definition) is 1. The van der Waals surface area contributed by atoms with E-state index in [1.54, 1.807) is 5.56 Å². The van der Waals surface area contributed by atoms with E-state index in [0.717, 1.165) is 17.9 Å². The summed E-state index contributed by atoms with van der Waals surface area (Å²) in [5.74, 6) is 1.71. The Bertz CT molecular complexity index is 406. The topological polar surface area (TPSA) is 12.0 Å². The second-order valence-electron chi connectivity index (χ2n) is 5.92. The fourth-order valence-corrected chi connectivity index (χ4v) is 3.00. The van der Waals surface area contributed by atoms with Crippen molar-refractivity contribution in [3.05, 3.63) is 34.9 Å². The molecule has 0 spiro atoms. The largest absolute Gasteiger partial charge is 0.314 e. The SMILES string of the molecule is Cc1cccc(C2CCC2CNC2CC2)c1C. The Morgan fingerprint density at radius 2 is 1.94 bits per heavy atom. The van der Waals surface area contributed by atoms with E-state index in [-0.39, 0.29) is 0 Å². The summed E-state index contributed by atoms with van der Waals surface area (Å²) in [5, 5.41) is 3.69. The maximum absolute atomic E-state index is 3.69. The molecule has 2 aliphatic rings. The average molecular weight is 229 g/mol. The summed E-state index contributed by atoms with van der Waals surface area (Å²) in [6.45, 7) is 5.76. The number of nitrogens with one attached hydrogen (secondary N) is 1. The first-order chi connectivity index (χ1) is 8.25. The van der Waals surface area contributed by atoms with Gasteiger partial charge in [0.1, 0.15) is 0 Å². The highest BCUT2D eigenvalue weighted by Gasteiger charge is 2.34. The molecule has 0 aliphatic heterocycles. The van der Waals surface area contributed by atoms with Gasteiger partial charge in [-0.3, -0.25) is 0 Å². The summed E-state index contributed by atoms with van der Waals surface area (Å²) in [4.78, 5) is 0. The highest BCUT2D eigenvalue weighted by molar-refractivity contribution is 5.37. The molecule has 2 atom stereocenters. The molecule has 2 aliphatic carbocycles. The molecule has 0 amide bonds. The quantitative estimate of drug-likeness (QED) is 0.832. The van der Waals surface area contributed by atoms with E-state index in [0.29, 0.717) is 0 Å². The molecule has 92 valence electrons. The van der Waals surface area contributed by atoms with Crippen LogP contribution in [0.15, 0.2) is 18.2 Å². The smallest absolute Gasteiger partial charge is 0.00683 e. The highest BCUT2D eigenvalue weighted by Crippen LogP contribution is 2.43. The van der Waals surface area contributed by atoms with Crippen LogP contribution in [-0.4, -0.2) is 12.6 Å². The van der Waals surface area contributed by atoms with Crippen LogP contribution in [0.3, 0.4) is 0 Å². The van der Waals surface area contributed by atoms with Gasteiger partial charge in [-0.2, -0.15) is 0 Å². The van der Waals surface area contributed by atoms with Gasteiger partial charge in [-0.15, -0.1) is 0 Å². The van der Waals surface area contributed by atoms with Gasteiger partial charge in [0.05, 0.1) is 0 Å². The molecule has 0 saturated heterocycles. The van der Waals surface area contributed by atoms with E-state index in [9.17, 15) is 0 Å².